The van der Waals surface area contributed by atoms with Crippen molar-refractivity contribution in [2.24, 2.45) is 0 Å². The van der Waals surface area contributed by atoms with Crippen LogP contribution in [-0.2, 0) is 6.54 Å². The number of aliphatic hydroxyl groups is 1. The molecule has 1 fully saturated rings. The molecule has 0 bridgehead atoms. The van der Waals surface area contributed by atoms with Crippen molar-refractivity contribution in [2.45, 2.75) is 19.6 Å². The highest BCUT2D eigenvalue weighted by Crippen LogP contribution is 2.11. The summed E-state index contributed by atoms with van der Waals surface area (Å²) in [6.45, 7) is 6.22. The quantitative estimate of drug-likeness (QED) is 0.892. The molecule has 0 radical (unpaired) electrons. The van der Waals surface area contributed by atoms with Crippen LogP contribution < -0.4 is 0 Å². The molecule has 1 saturated heterocycles. The van der Waals surface area contributed by atoms with Gasteiger partial charge in [0.2, 0.25) is 0 Å². The van der Waals surface area contributed by atoms with Crippen molar-refractivity contribution < 1.29 is 9.90 Å². The van der Waals surface area contributed by atoms with E-state index in [4.69, 9.17) is 0 Å². The van der Waals surface area contributed by atoms with E-state index in [0.29, 0.717) is 26.2 Å². The first-order valence-electron chi connectivity index (χ1n) is 8.38. The lowest BCUT2D eigenvalue weighted by Gasteiger charge is -2.35. The first kappa shape index (κ1) is 16.7. The van der Waals surface area contributed by atoms with Crippen molar-refractivity contribution in [1.29, 1.82) is 0 Å². The third kappa shape index (κ3) is 4.21. The fourth-order valence-corrected chi connectivity index (χ4v) is 3.02. The van der Waals surface area contributed by atoms with Gasteiger partial charge in [0.25, 0.3) is 5.91 Å². The highest BCUT2D eigenvalue weighted by Gasteiger charge is 2.22. The third-order valence-corrected chi connectivity index (χ3v) is 4.29. The Morgan fingerprint density at radius 2 is 1.92 bits per heavy atom. The first-order chi connectivity index (χ1) is 11.6. The van der Waals surface area contributed by atoms with Gasteiger partial charge in [-0.15, -0.1) is 0 Å². The van der Waals surface area contributed by atoms with Crippen LogP contribution in [0.4, 0.5) is 0 Å². The standard InChI is InChI=1S/C18H24N4O2/c1-15(23)13-20-9-11-21(12-10-20)18(24)17-5-3-16(4-6-17)14-22-8-2-7-19-22/h2-8,15,23H,9-14H2,1H3/t15-/m1/s1. The molecular weight excluding hydrogens is 304 g/mol. The van der Waals surface area contributed by atoms with Crippen LogP contribution in [0.5, 0.6) is 0 Å². The zero-order chi connectivity index (χ0) is 16.9. The van der Waals surface area contributed by atoms with Crippen molar-refractivity contribution in [3.05, 3.63) is 53.9 Å². The van der Waals surface area contributed by atoms with Crippen LogP contribution in [0.15, 0.2) is 42.7 Å². The second kappa shape index (κ2) is 7.59. The highest BCUT2D eigenvalue weighted by molar-refractivity contribution is 5.94. The van der Waals surface area contributed by atoms with E-state index in [1.54, 1.807) is 13.1 Å². The second-order valence-corrected chi connectivity index (χ2v) is 6.34. The molecule has 0 unspecified atom stereocenters. The minimum Gasteiger partial charge on any atom is -0.392 e. The molecule has 6 nitrogen and oxygen atoms in total. The van der Waals surface area contributed by atoms with Gasteiger partial charge in [-0.05, 0) is 30.7 Å². The molecule has 1 aromatic carbocycles. The maximum atomic E-state index is 12.6. The van der Waals surface area contributed by atoms with Gasteiger partial charge < -0.3 is 10.0 Å². The van der Waals surface area contributed by atoms with E-state index in [9.17, 15) is 9.90 Å². The van der Waals surface area contributed by atoms with Gasteiger partial charge in [0, 0.05) is 50.7 Å². The fraction of sp³-hybridized carbons (Fsp3) is 0.444. The van der Waals surface area contributed by atoms with E-state index in [-0.39, 0.29) is 12.0 Å². The molecule has 2 heterocycles. The van der Waals surface area contributed by atoms with E-state index in [1.165, 1.54) is 0 Å². The van der Waals surface area contributed by atoms with Crippen LogP contribution in [-0.4, -0.2) is 69.4 Å². The van der Waals surface area contributed by atoms with Gasteiger partial charge in [0.1, 0.15) is 0 Å². The summed E-state index contributed by atoms with van der Waals surface area (Å²) in [5.41, 5.74) is 1.85. The summed E-state index contributed by atoms with van der Waals surface area (Å²) in [5.74, 6) is 0.0809. The highest BCUT2D eigenvalue weighted by atomic mass is 16.3. The molecule has 1 amide bonds. The number of aromatic nitrogens is 2. The number of piperazine rings is 1. The molecule has 2 aromatic rings. The van der Waals surface area contributed by atoms with E-state index in [2.05, 4.69) is 10.00 Å². The molecule has 1 N–H and O–H groups in total. The monoisotopic (exact) mass is 328 g/mol. The summed E-state index contributed by atoms with van der Waals surface area (Å²) in [6, 6.07) is 9.65. The zero-order valence-electron chi connectivity index (χ0n) is 14.0. The van der Waals surface area contributed by atoms with Crippen LogP contribution in [0.2, 0.25) is 0 Å². The number of hydrogen-bond donors (Lipinski definition) is 1. The summed E-state index contributed by atoms with van der Waals surface area (Å²) in [5, 5.41) is 13.6. The lowest BCUT2D eigenvalue weighted by molar-refractivity contribution is 0.0554. The molecule has 0 aliphatic carbocycles. The number of carbonyl (C=O) groups excluding carboxylic acids is 1. The molecule has 24 heavy (non-hydrogen) atoms. The van der Waals surface area contributed by atoms with E-state index in [0.717, 1.165) is 24.2 Å². The van der Waals surface area contributed by atoms with Crippen LogP contribution in [0.25, 0.3) is 0 Å². The van der Waals surface area contributed by atoms with Crippen LogP contribution in [0.1, 0.15) is 22.8 Å². The van der Waals surface area contributed by atoms with Crippen molar-refractivity contribution in [1.82, 2.24) is 19.6 Å². The van der Waals surface area contributed by atoms with E-state index >= 15 is 0 Å². The maximum Gasteiger partial charge on any atom is 0.253 e. The lowest BCUT2D eigenvalue weighted by Crippen LogP contribution is -2.50. The Hall–Kier alpha value is -2.18. The Bertz CT molecular complexity index is 644. The molecule has 3 rings (SSSR count). The third-order valence-electron chi connectivity index (χ3n) is 4.29. The number of aliphatic hydroxyl groups excluding tert-OH is 1. The van der Waals surface area contributed by atoms with Crippen LogP contribution >= 0.6 is 0 Å². The molecule has 1 aromatic heterocycles. The predicted molar refractivity (Wildman–Crippen MR) is 91.8 cm³/mol. The molecule has 1 aliphatic rings. The summed E-state index contributed by atoms with van der Waals surface area (Å²) in [6.07, 6.45) is 3.36. The van der Waals surface area contributed by atoms with E-state index in [1.807, 2.05) is 46.1 Å². The van der Waals surface area contributed by atoms with Gasteiger partial charge in [-0.3, -0.25) is 14.4 Å². The topological polar surface area (TPSA) is 61.6 Å². The normalized spacial score (nSPS) is 17.0. The molecule has 1 aliphatic heterocycles. The van der Waals surface area contributed by atoms with Gasteiger partial charge in [-0.1, -0.05) is 12.1 Å². The van der Waals surface area contributed by atoms with Crippen molar-refractivity contribution in [3.63, 3.8) is 0 Å². The Balaban J connectivity index is 1.55. The molecule has 128 valence electrons. The van der Waals surface area contributed by atoms with Gasteiger partial charge in [-0.2, -0.15) is 5.10 Å². The van der Waals surface area contributed by atoms with Gasteiger partial charge >= 0.3 is 0 Å². The summed E-state index contributed by atoms with van der Waals surface area (Å²) < 4.78 is 1.86. The number of hydrogen-bond acceptors (Lipinski definition) is 4. The Kier molecular flexibility index (Phi) is 5.27. The minimum absolute atomic E-state index is 0.0809. The largest absolute Gasteiger partial charge is 0.392 e. The van der Waals surface area contributed by atoms with Gasteiger partial charge in [0.15, 0.2) is 0 Å². The molecule has 0 spiro atoms. The molecule has 1 atom stereocenters. The van der Waals surface area contributed by atoms with Crippen LogP contribution in [0, 0.1) is 0 Å². The predicted octanol–water partition coefficient (Wildman–Crippen LogP) is 1.07. The van der Waals surface area contributed by atoms with Crippen molar-refractivity contribution in [2.75, 3.05) is 32.7 Å². The van der Waals surface area contributed by atoms with Crippen molar-refractivity contribution >= 4 is 5.91 Å². The SMILES string of the molecule is C[C@@H](O)CN1CCN(C(=O)c2ccc(Cn3cccn3)cc2)CC1. The Morgan fingerprint density at radius 1 is 1.21 bits per heavy atom. The molecular formula is C18H24N4O2. The summed E-state index contributed by atoms with van der Waals surface area (Å²) >= 11 is 0. The average molecular weight is 328 g/mol. The lowest BCUT2D eigenvalue weighted by atomic mass is 10.1. The van der Waals surface area contributed by atoms with E-state index < -0.39 is 0 Å². The van der Waals surface area contributed by atoms with Gasteiger partial charge in [0.05, 0.1) is 12.6 Å². The smallest absolute Gasteiger partial charge is 0.253 e. The number of benzene rings is 1. The second-order valence-electron chi connectivity index (χ2n) is 6.34. The summed E-state index contributed by atoms with van der Waals surface area (Å²) in [4.78, 5) is 16.7. The minimum atomic E-state index is -0.324. The zero-order valence-corrected chi connectivity index (χ0v) is 14.0. The number of carbonyl (C=O) groups is 1. The maximum absolute atomic E-state index is 12.6. The summed E-state index contributed by atoms with van der Waals surface area (Å²) in [7, 11) is 0. The average Bonchev–Trinajstić information content (AvgIpc) is 3.08. The van der Waals surface area contributed by atoms with Crippen molar-refractivity contribution in [3.8, 4) is 0 Å². The van der Waals surface area contributed by atoms with Crippen LogP contribution in [0.3, 0.4) is 0 Å². The number of β-amino-alcohol motifs (C(OH)–C–C–N with tert-alkyl or cyclic N) is 1. The number of amides is 1. The molecule has 0 saturated carbocycles. The first-order valence-corrected chi connectivity index (χ1v) is 8.38. The van der Waals surface area contributed by atoms with Gasteiger partial charge in [-0.25, -0.2) is 0 Å². The Labute approximate surface area is 142 Å². The number of nitrogens with zero attached hydrogens (tertiary/aromatic N) is 4. The molecule has 6 heteroatoms. The number of rotatable bonds is 5. The Morgan fingerprint density at radius 3 is 2.50 bits per heavy atom. The fourth-order valence-electron chi connectivity index (χ4n) is 3.02.